The fourth-order valence-corrected chi connectivity index (χ4v) is 2.80. The lowest BCUT2D eigenvalue weighted by atomic mass is 10.2. The molecule has 2 aromatic rings. The van der Waals surface area contributed by atoms with Gasteiger partial charge < -0.3 is 15.0 Å². The van der Waals surface area contributed by atoms with E-state index >= 15 is 0 Å². The quantitative estimate of drug-likeness (QED) is 0.501. The highest BCUT2D eigenvalue weighted by molar-refractivity contribution is 5.96. The average molecular weight is 343 g/mol. The van der Waals surface area contributed by atoms with E-state index in [0.29, 0.717) is 5.69 Å². The minimum absolute atomic E-state index is 0.0400. The Balaban J connectivity index is 2.02. The molecule has 0 unspecified atom stereocenters. The van der Waals surface area contributed by atoms with Gasteiger partial charge in [0, 0.05) is 13.1 Å². The Morgan fingerprint density at radius 3 is 2.68 bits per heavy atom. The number of hydrogen-bond acceptors (Lipinski definition) is 8. The molecule has 1 aliphatic rings. The summed E-state index contributed by atoms with van der Waals surface area (Å²) in [7, 11) is 1.28. The maximum Gasteiger partial charge on any atom is 0.353 e. The SMILES string of the molecule is COC(=O)c1ccccc1Nc1ncnc(N2CCCC2)c1[N+](=O)[O-]. The van der Waals surface area contributed by atoms with E-state index in [4.69, 9.17) is 4.74 Å². The smallest absolute Gasteiger partial charge is 0.353 e. The second kappa shape index (κ2) is 7.12. The van der Waals surface area contributed by atoms with Crippen LogP contribution in [0.4, 0.5) is 23.0 Å². The Morgan fingerprint density at radius 2 is 2.00 bits per heavy atom. The molecule has 1 N–H and O–H groups in total. The maximum atomic E-state index is 11.9. The molecule has 0 radical (unpaired) electrons. The molecule has 0 aliphatic carbocycles. The number of methoxy groups -OCH3 is 1. The van der Waals surface area contributed by atoms with Crippen molar-refractivity contribution in [1.29, 1.82) is 0 Å². The van der Waals surface area contributed by atoms with Gasteiger partial charge in [0.05, 0.1) is 23.3 Å². The van der Waals surface area contributed by atoms with E-state index in [1.165, 1.54) is 13.4 Å². The van der Waals surface area contributed by atoms with E-state index in [1.54, 1.807) is 24.3 Å². The summed E-state index contributed by atoms with van der Waals surface area (Å²) < 4.78 is 4.74. The van der Waals surface area contributed by atoms with Gasteiger partial charge in [0.1, 0.15) is 6.33 Å². The third kappa shape index (κ3) is 3.35. The van der Waals surface area contributed by atoms with Crippen molar-refractivity contribution in [2.24, 2.45) is 0 Å². The van der Waals surface area contributed by atoms with E-state index in [-0.39, 0.29) is 22.9 Å². The monoisotopic (exact) mass is 343 g/mol. The second-order valence-electron chi connectivity index (χ2n) is 5.51. The first-order chi connectivity index (χ1) is 12.1. The molecule has 0 saturated carbocycles. The zero-order valence-corrected chi connectivity index (χ0v) is 13.6. The number of para-hydroxylation sites is 1. The Bertz CT molecular complexity index is 805. The van der Waals surface area contributed by atoms with Crippen molar-refractivity contribution in [2.75, 3.05) is 30.4 Å². The number of anilines is 3. The van der Waals surface area contributed by atoms with Crippen molar-refractivity contribution in [1.82, 2.24) is 9.97 Å². The molecule has 9 heteroatoms. The summed E-state index contributed by atoms with van der Waals surface area (Å²) in [5, 5.41) is 14.5. The molecule has 1 aliphatic heterocycles. The highest BCUT2D eigenvalue weighted by Gasteiger charge is 2.29. The predicted octanol–water partition coefficient (Wildman–Crippen LogP) is 2.52. The normalized spacial score (nSPS) is 13.6. The molecule has 25 heavy (non-hydrogen) atoms. The number of benzene rings is 1. The van der Waals surface area contributed by atoms with Gasteiger partial charge in [0.15, 0.2) is 0 Å². The van der Waals surface area contributed by atoms with Crippen molar-refractivity contribution in [3.63, 3.8) is 0 Å². The van der Waals surface area contributed by atoms with Gasteiger partial charge in [0.2, 0.25) is 11.6 Å². The molecule has 1 fully saturated rings. The van der Waals surface area contributed by atoms with Crippen LogP contribution in [-0.2, 0) is 4.74 Å². The number of esters is 1. The van der Waals surface area contributed by atoms with E-state index in [0.717, 1.165) is 25.9 Å². The number of carbonyl (C=O) groups is 1. The predicted molar refractivity (Wildman–Crippen MR) is 91.2 cm³/mol. The number of rotatable bonds is 5. The topological polar surface area (TPSA) is 110 Å². The Labute approximate surface area is 143 Å². The molecule has 130 valence electrons. The molecule has 0 bridgehead atoms. The molecule has 1 aromatic heterocycles. The molecular weight excluding hydrogens is 326 g/mol. The van der Waals surface area contributed by atoms with Gasteiger partial charge in [-0.15, -0.1) is 0 Å². The van der Waals surface area contributed by atoms with Gasteiger partial charge in [-0.1, -0.05) is 12.1 Å². The molecule has 3 rings (SSSR count). The van der Waals surface area contributed by atoms with Crippen LogP contribution in [0.15, 0.2) is 30.6 Å². The number of nitrogens with one attached hydrogen (secondary N) is 1. The molecule has 2 heterocycles. The second-order valence-corrected chi connectivity index (χ2v) is 5.51. The van der Waals surface area contributed by atoms with Gasteiger partial charge >= 0.3 is 11.7 Å². The zero-order valence-electron chi connectivity index (χ0n) is 13.6. The highest BCUT2D eigenvalue weighted by atomic mass is 16.6. The minimum Gasteiger partial charge on any atom is -0.465 e. The van der Waals surface area contributed by atoms with E-state index in [2.05, 4.69) is 15.3 Å². The Hall–Kier alpha value is -3.23. The summed E-state index contributed by atoms with van der Waals surface area (Å²) in [6.07, 6.45) is 3.22. The fraction of sp³-hybridized carbons (Fsp3) is 0.312. The number of aromatic nitrogens is 2. The lowest BCUT2D eigenvalue weighted by Crippen LogP contribution is -2.21. The number of hydrogen-bond donors (Lipinski definition) is 1. The molecular formula is C16H17N5O4. The van der Waals surface area contributed by atoms with Crippen LogP contribution < -0.4 is 10.2 Å². The summed E-state index contributed by atoms with van der Waals surface area (Å²) in [6.45, 7) is 1.44. The lowest BCUT2D eigenvalue weighted by Gasteiger charge is -2.17. The Morgan fingerprint density at radius 1 is 1.28 bits per heavy atom. The van der Waals surface area contributed by atoms with Gasteiger partial charge in [0.25, 0.3) is 0 Å². The van der Waals surface area contributed by atoms with Crippen molar-refractivity contribution in [3.8, 4) is 0 Å². The molecule has 0 atom stereocenters. The standard InChI is InChI=1S/C16H17N5O4/c1-25-16(22)11-6-2-3-7-12(11)19-14-13(21(23)24)15(18-10-17-14)20-8-4-5-9-20/h2-3,6-7,10H,4-5,8-9H2,1H3,(H,17,18,19). The molecule has 1 saturated heterocycles. The van der Waals surface area contributed by atoms with Gasteiger partial charge in [-0.05, 0) is 25.0 Å². The number of nitrogens with zero attached hydrogens (tertiary/aromatic N) is 4. The Kier molecular flexibility index (Phi) is 4.73. The maximum absolute atomic E-state index is 11.9. The van der Waals surface area contributed by atoms with Crippen molar-refractivity contribution < 1.29 is 14.5 Å². The van der Waals surface area contributed by atoms with Crippen molar-refractivity contribution >= 4 is 29.0 Å². The molecule has 1 aromatic carbocycles. The van der Waals surface area contributed by atoms with Crippen LogP contribution in [0.5, 0.6) is 0 Å². The van der Waals surface area contributed by atoms with Crippen LogP contribution in [-0.4, -0.2) is 41.1 Å². The minimum atomic E-state index is -0.542. The fourth-order valence-electron chi connectivity index (χ4n) is 2.80. The van der Waals surface area contributed by atoms with Crippen LogP contribution in [0.1, 0.15) is 23.2 Å². The van der Waals surface area contributed by atoms with E-state index < -0.39 is 10.9 Å². The van der Waals surface area contributed by atoms with Crippen LogP contribution >= 0.6 is 0 Å². The number of carbonyl (C=O) groups excluding carboxylic acids is 1. The zero-order chi connectivity index (χ0) is 17.8. The summed E-state index contributed by atoms with van der Waals surface area (Å²) in [5.41, 5.74) is 0.438. The first-order valence-electron chi connectivity index (χ1n) is 7.80. The highest BCUT2D eigenvalue weighted by Crippen LogP contribution is 2.35. The van der Waals surface area contributed by atoms with Gasteiger partial charge in [-0.2, -0.15) is 0 Å². The van der Waals surface area contributed by atoms with Crippen LogP contribution in [0.25, 0.3) is 0 Å². The first kappa shape index (κ1) is 16.6. The lowest BCUT2D eigenvalue weighted by molar-refractivity contribution is -0.383. The van der Waals surface area contributed by atoms with E-state index in [1.807, 2.05) is 4.90 Å². The largest absolute Gasteiger partial charge is 0.465 e. The summed E-state index contributed by atoms with van der Waals surface area (Å²) in [4.78, 5) is 33.0. The van der Waals surface area contributed by atoms with Crippen LogP contribution in [0.2, 0.25) is 0 Å². The van der Waals surface area contributed by atoms with Crippen LogP contribution in [0, 0.1) is 10.1 Å². The third-order valence-electron chi connectivity index (χ3n) is 3.98. The summed E-state index contributed by atoms with van der Waals surface area (Å²) in [6, 6.07) is 6.60. The van der Waals surface area contributed by atoms with Crippen molar-refractivity contribution in [2.45, 2.75) is 12.8 Å². The summed E-state index contributed by atoms with van der Waals surface area (Å²) in [5.74, 6) is -0.214. The summed E-state index contributed by atoms with van der Waals surface area (Å²) >= 11 is 0. The van der Waals surface area contributed by atoms with Gasteiger partial charge in [-0.25, -0.2) is 14.8 Å². The first-order valence-corrected chi connectivity index (χ1v) is 7.80. The van der Waals surface area contributed by atoms with Crippen LogP contribution in [0.3, 0.4) is 0 Å². The third-order valence-corrected chi connectivity index (χ3v) is 3.98. The van der Waals surface area contributed by atoms with Gasteiger partial charge in [-0.3, -0.25) is 10.1 Å². The molecule has 0 spiro atoms. The number of nitro groups is 1. The molecule has 0 amide bonds. The number of ether oxygens (including phenoxy) is 1. The average Bonchev–Trinajstić information content (AvgIpc) is 3.15. The molecule has 9 nitrogen and oxygen atoms in total. The van der Waals surface area contributed by atoms with E-state index in [9.17, 15) is 14.9 Å². The van der Waals surface area contributed by atoms with Crippen molar-refractivity contribution in [3.05, 3.63) is 46.3 Å².